The third-order valence-electron chi connectivity index (χ3n) is 2.88. The fraction of sp³-hybridized carbons (Fsp3) is 0.875. The van der Waals surface area contributed by atoms with Gasteiger partial charge >= 0.3 is 0 Å². The number of amides is 1. The minimum Gasteiger partial charge on any atom is -0.377 e. The average molecular weight is 170 g/mol. The van der Waals surface area contributed by atoms with Crippen LogP contribution >= 0.6 is 0 Å². The summed E-state index contributed by atoms with van der Waals surface area (Å²) in [5.41, 5.74) is 0.128. The zero-order valence-electron chi connectivity index (χ0n) is 7.54. The van der Waals surface area contributed by atoms with E-state index in [2.05, 4.69) is 4.90 Å². The van der Waals surface area contributed by atoms with E-state index < -0.39 is 0 Å². The van der Waals surface area contributed by atoms with Gasteiger partial charge in [0.25, 0.3) is 0 Å². The SMILES string of the molecule is CN1CC2(COC2)N(C)CC1=O. The molecule has 12 heavy (non-hydrogen) atoms. The highest BCUT2D eigenvalue weighted by atomic mass is 16.5. The highest BCUT2D eigenvalue weighted by molar-refractivity contribution is 5.79. The van der Waals surface area contributed by atoms with Crippen LogP contribution in [0, 0.1) is 0 Å². The molecule has 0 aromatic carbocycles. The molecule has 1 amide bonds. The zero-order valence-corrected chi connectivity index (χ0v) is 7.54. The average Bonchev–Trinajstić information content (AvgIpc) is 1.93. The lowest BCUT2D eigenvalue weighted by Gasteiger charge is -2.52. The maximum absolute atomic E-state index is 11.3. The molecule has 0 radical (unpaired) electrons. The van der Waals surface area contributed by atoms with Crippen molar-refractivity contribution in [1.82, 2.24) is 9.80 Å². The van der Waals surface area contributed by atoms with Gasteiger partial charge in [0.05, 0.1) is 25.3 Å². The van der Waals surface area contributed by atoms with Gasteiger partial charge in [-0.15, -0.1) is 0 Å². The van der Waals surface area contributed by atoms with Crippen molar-refractivity contribution >= 4 is 5.91 Å². The van der Waals surface area contributed by atoms with E-state index >= 15 is 0 Å². The molecule has 0 atom stereocenters. The summed E-state index contributed by atoms with van der Waals surface area (Å²) < 4.78 is 5.19. The summed E-state index contributed by atoms with van der Waals surface area (Å²) in [6, 6.07) is 0. The van der Waals surface area contributed by atoms with Gasteiger partial charge in [-0.3, -0.25) is 9.69 Å². The Morgan fingerprint density at radius 3 is 2.58 bits per heavy atom. The first-order valence-corrected chi connectivity index (χ1v) is 4.17. The van der Waals surface area contributed by atoms with Gasteiger partial charge < -0.3 is 9.64 Å². The van der Waals surface area contributed by atoms with Crippen LogP contribution in [0.3, 0.4) is 0 Å². The smallest absolute Gasteiger partial charge is 0.236 e. The number of hydrogen-bond acceptors (Lipinski definition) is 3. The molecule has 4 nitrogen and oxygen atoms in total. The summed E-state index contributed by atoms with van der Waals surface area (Å²) in [7, 11) is 3.85. The first-order valence-electron chi connectivity index (χ1n) is 4.17. The number of rotatable bonds is 0. The second-order valence-electron chi connectivity index (χ2n) is 3.82. The maximum Gasteiger partial charge on any atom is 0.236 e. The Kier molecular flexibility index (Phi) is 1.63. The Balaban J connectivity index is 2.11. The van der Waals surface area contributed by atoms with Crippen LogP contribution in [0.1, 0.15) is 0 Å². The summed E-state index contributed by atoms with van der Waals surface area (Å²) in [6.45, 7) is 2.87. The molecular weight excluding hydrogens is 156 g/mol. The normalized spacial score (nSPS) is 29.2. The predicted octanol–water partition coefficient (Wildman–Crippen LogP) is -0.841. The molecule has 2 heterocycles. The lowest BCUT2D eigenvalue weighted by atomic mass is 9.92. The largest absolute Gasteiger partial charge is 0.377 e. The summed E-state index contributed by atoms with van der Waals surface area (Å²) >= 11 is 0. The van der Waals surface area contributed by atoms with Crippen molar-refractivity contribution in [3.63, 3.8) is 0 Å². The van der Waals surface area contributed by atoms with E-state index in [1.165, 1.54) is 0 Å². The Morgan fingerprint density at radius 1 is 1.42 bits per heavy atom. The van der Waals surface area contributed by atoms with Crippen molar-refractivity contribution in [2.24, 2.45) is 0 Å². The molecule has 0 aliphatic carbocycles. The molecular formula is C8H14N2O2. The fourth-order valence-corrected chi connectivity index (χ4v) is 1.79. The van der Waals surface area contributed by atoms with Crippen molar-refractivity contribution in [3.8, 4) is 0 Å². The molecule has 2 saturated heterocycles. The third-order valence-corrected chi connectivity index (χ3v) is 2.88. The van der Waals surface area contributed by atoms with E-state index in [1.54, 1.807) is 4.90 Å². The topological polar surface area (TPSA) is 32.8 Å². The van der Waals surface area contributed by atoms with Crippen molar-refractivity contribution in [2.75, 3.05) is 40.4 Å². The Bertz CT molecular complexity index is 213. The number of carbonyl (C=O) groups excluding carboxylic acids is 1. The van der Waals surface area contributed by atoms with Gasteiger partial charge in [-0.05, 0) is 7.05 Å². The second-order valence-corrected chi connectivity index (χ2v) is 3.82. The van der Waals surface area contributed by atoms with E-state index in [4.69, 9.17) is 4.74 Å². The molecule has 0 aromatic rings. The van der Waals surface area contributed by atoms with Gasteiger partial charge in [0.2, 0.25) is 5.91 Å². The number of likely N-dealkylation sites (N-methyl/N-ethyl adjacent to an activating group) is 2. The summed E-state index contributed by atoms with van der Waals surface area (Å²) in [5, 5.41) is 0. The van der Waals surface area contributed by atoms with Gasteiger partial charge in [-0.1, -0.05) is 0 Å². The molecule has 2 aliphatic heterocycles. The van der Waals surface area contributed by atoms with Crippen molar-refractivity contribution in [1.29, 1.82) is 0 Å². The highest BCUT2D eigenvalue weighted by Gasteiger charge is 2.47. The van der Waals surface area contributed by atoms with Gasteiger partial charge in [-0.2, -0.15) is 0 Å². The van der Waals surface area contributed by atoms with E-state index in [0.717, 1.165) is 19.8 Å². The van der Waals surface area contributed by atoms with Crippen LogP contribution in [0.5, 0.6) is 0 Å². The summed E-state index contributed by atoms with van der Waals surface area (Å²) in [4.78, 5) is 15.2. The molecule has 1 spiro atoms. The second kappa shape index (κ2) is 2.44. The predicted molar refractivity (Wildman–Crippen MR) is 43.8 cm³/mol. The van der Waals surface area contributed by atoms with Crippen molar-refractivity contribution < 1.29 is 9.53 Å². The quantitative estimate of drug-likeness (QED) is 0.475. The van der Waals surface area contributed by atoms with E-state index in [1.807, 2.05) is 14.1 Å². The fourth-order valence-electron chi connectivity index (χ4n) is 1.79. The molecule has 2 rings (SSSR count). The van der Waals surface area contributed by atoms with E-state index in [9.17, 15) is 4.79 Å². The minimum atomic E-state index is 0.128. The van der Waals surface area contributed by atoms with Gasteiger partial charge in [-0.25, -0.2) is 0 Å². The molecule has 0 saturated carbocycles. The van der Waals surface area contributed by atoms with E-state index in [0.29, 0.717) is 6.54 Å². The van der Waals surface area contributed by atoms with Crippen LogP contribution in [0.4, 0.5) is 0 Å². The number of piperazine rings is 1. The van der Waals surface area contributed by atoms with Crippen LogP contribution in [0.15, 0.2) is 0 Å². The minimum absolute atomic E-state index is 0.128. The summed E-state index contributed by atoms with van der Waals surface area (Å²) in [6.07, 6.45) is 0. The van der Waals surface area contributed by atoms with Gasteiger partial charge in [0, 0.05) is 13.6 Å². The van der Waals surface area contributed by atoms with Crippen LogP contribution in [-0.2, 0) is 9.53 Å². The molecule has 0 bridgehead atoms. The lowest BCUT2D eigenvalue weighted by molar-refractivity contribution is -0.174. The van der Waals surface area contributed by atoms with Gasteiger partial charge in [0.15, 0.2) is 0 Å². The molecule has 0 unspecified atom stereocenters. The zero-order chi connectivity index (χ0) is 8.77. The molecule has 68 valence electrons. The summed E-state index contributed by atoms with van der Waals surface area (Å²) in [5.74, 6) is 0.204. The highest BCUT2D eigenvalue weighted by Crippen LogP contribution is 2.27. The molecule has 2 aliphatic rings. The number of hydrogen-bond donors (Lipinski definition) is 0. The van der Waals surface area contributed by atoms with Crippen LogP contribution in [0.25, 0.3) is 0 Å². The number of carbonyl (C=O) groups is 1. The monoisotopic (exact) mass is 170 g/mol. The molecule has 0 N–H and O–H groups in total. The Morgan fingerprint density at radius 2 is 2.08 bits per heavy atom. The third kappa shape index (κ3) is 0.949. The molecule has 2 fully saturated rings. The molecule has 0 aromatic heterocycles. The van der Waals surface area contributed by atoms with Crippen molar-refractivity contribution in [3.05, 3.63) is 0 Å². The Hall–Kier alpha value is -0.610. The molecule has 4 heteroatoms. The van der Waals surface area contributed by atoms with Crippen molar-refractivity contribution in [2.45, 2.75) is 5.54 Å². The first kappa shape index (κ1) is 8.01. The van der Waals surface area contributed by atoms with Crippen LogP contribution < -0.4 is 0 Å². The number of nitrogens with zero attached hydrogens (tertiary/aromatic N) is 2. The first-order chi connectivity index (χ1) is 5.64. The van der Waals surface area contributed by atoms with Crippen LogP contribution in [0.2, 0.25) is 0 Å². The van der Waals surface area contributed by atoms with Gasteiger partial charge in [0.1, 0.15) is 0 Å². The lowest BCUT2D eigenvalue weighted by Crippen LogP contribution is -2.71. The Labute approximate surface area is 72.1 Å². The number of ether oxygens (including phenoxy) is 1. The standard InChI is InChI=1S/C8H14N2O2/c1-9-4-8(5-12-6-8)10(2)3-7(9)11/h3-6H2,1-2H3. The van der Waals surface area contributed by atoms with Crippen LogP contribution in [-0.4, -0.2) is 61.6 Å². The van der Waals surface area contributed by atoms with E-state index in [-0.39, 0.29) is 11.4 Å². The maximum atomic E-state index is 11.3.